The Morgan fingerprint density at radius 2 is 1.96 bits per heavy atom. The maximum atomic E-state index is 12.5. The van der Waals surface area contributed by atoms with Crippen LogP contribution in [0.25, 0.3) is 10.9 Å². The summed E-state index contributed by atoms with van der Waals surface area (Å²) in [5.74, 6) is -0.223. The fourth-order valence-electron chi connectivity index (χ4n) is 2.60. The molecule has 3 aromatic rings. The highest BCUT2D eigenvalue weighted by molar-refractivity contribution is 6.05. The van der Waals surface area contributed by atoms with Crippen molar-refractivity contribution in [2.45, 2.75) is 13.5 Å². The van der Waals surface area contributed by atoms with Gasteiger partial charge in [0.2, 0.25) is 0 Å². The van der Waals surface area contributed by atoms with Gasteiger partial charge in [-0.1, -0.05) is 0 Å². The fourth-order valence-corrected chi connectivity index (χ4v) is 2.60. The molecule has 134 valence electrons. The number of H-pyrrole nitrogens is 1. The van der Waals surface area contributed by atoms with Crippen molar-refractivity contribution in [3.05, 3.63) is 59.5 Å². The Balaban J connectivity index is 1.70. The van der Waals surface area contributed by atoms with E-state index in [0.29, 0.717) is 11.3 Å². The van der Waals surface area contributed by atoms with Crippen molar-refractivity contribution in [1.82, 2.24) is 20.2 Å². The fraction of sp³-hybridized carbons (Fsp3) is 0.211. The van der Waals surface area contributed by atoms with Crippen molar-refractivity contribution >= 4 is 28.5 Å². The van der Waals surface area contributed by atoms with Gasteiger partial charge in [0, 0.05) is 48.1 Å². The van der Waals surface area contributed by atoms with Gasteiger partial charge in [-0.2, -0.15) is 0 Å². The number of aromatic nitrogens is 2. The summed E-state index contributed by atoms with van der Waals surface area (Å²) in [5.41, 5.74) is 3.93. The molecule has 3 rings (SSSR count). The molecule has 0 saturated carbocycles. The van der Waals surface area contributed by atoms with Gasteiger partial charge < -0.3 is 20.5 Å². The number of hydrogen-bond donors (Lipinski definition) is 3. The topological polar surface area (TPSA) is 90.1 Å². The number of anilines is 1. The van der Waals surface area contributed by atoms with E-state index in [2.05, 4.69) is 20.6 Å². The van der Waals surface area contributed by atoms with Gasteiger partial charge in [-0.3, -0.25) is 9.78 Å². The third-order valence-corrected chi connectivity index (χ3v) is 3.92. The summed E-state index contributed by atoms with van der Waals surface area (Å²) in [6, 6.07) is 10.9. The second-order valence-electron chi connectivity index (χ2n) is 6.30. The SMILES string of the molecule is Cc1cc2cc(NC(=O)c3ccnc(CNC(=O)N(C)C)c3)ccc2[nH]1. The molecule has 0 unspecified atom stereocenters. The average Bonchev–Trinajstić information content (AvgIpc) is 2.99. The maximum Gasteiger partial charge on any atom is 0.317 e. The Morgan fingerprint density at radius 3 is 2.73 bits per heavy atom. The molecule has 3 amide bonds. The van der Waals surface area contributed by atoms with Crippen LogP contribution in [0.4, 0.5) is 10.5 Å². The molecule has 0 aliphatic carbocycles. The number of fused-ring (bicyclic) bond motifs is 1. The van der Waals surface area contributed by atoms with E-state index in [4.69, 9.17) is 0 Å². The van der Waals surface area contributed by atoms with E-state index in [1.807, 2.05) is 31.2 Å². The minimum atomic E-state index is -0.223. The second kappa shape index (κ2) is 7.26. The molecule has 7 nitrogen and oxygen atoms in total. The van der Waals surface area contributed by atoms with E-state index in [-0.39, 0.29) is 18.5 Å². The largest absolute Gasteiger partial charge is 0.359 e. The predicted octanol–water partition coefficient (Wildman–Crippen LogP) is 2.89. The minimum absolute atomic E-state index is 0.211. The molecule has 3 N–H and O–H groups in total. The first-order chi connectivity index (χ1) is 12.4. The number of aromatic amines is 1. The number of rotatable bonds is 4. The highest BCUT2D eigenvalue weighted by Crippen LogP contribution is 2.20. The number of carbonyl (C=O) groups is 2. The van der Waals surface area contributed by atoms with Gasteiger partial charge in [-0.05, 0) is 43.3 Å². The van der Waals surface area contributed by atoms with Crippen LogP contribution in [-0.2, 0) is 6.54 Å². The lowest BCUT2D eigenvalue weighted by atomic mass is 10.2. The summed E-state index contributed by atoms with van der Waals surface area (Å²) in [7, 11) is 3.32. The molecule has 0 radical (unpaired) electrons. The molecule has 2 heterocycles. The van der Waals surface area contributed by atoms with Crippen LogP contribution in [0.3, 0.4) is 0 Å². The monoisotopic (exact) mass is 351 g/mol. The molecule has 0 aliphatic rings. The first-order valence-electron chi connectivity index (χ1n) is 8.23. The molecule has 0 bridgehead atoms. The molecule has 0 saturated heterocycles. The summed E-state index contributed by atoms with van der Waals surface area (Å²) >= 11 is 0. The summed E-state index contributed by atoms with van der Waals surface area (Å²) < 4.78 is 0. The Labute approximate surface area is 151 Å². The molecule has 26 heavy (non-hydrogen) atoms. The van der Waals surface area contributed by atoms with E-state index >= 15 is 0 Å². The third-order valence-electron chi connectivity index (χ3n) is 3.92. The Hall–Kier alpha value is -3.35. The number of aryl methyl sites for hydroxylation is 1. The van der Waals surface area contributed by atoms with Crippen LogP contribution >= 0.6 is 0 Å². The van der Waals surface area contributed by atoms with Crippen LogP contribution in [-0.4, -0.2) is 40.9 Å². The van der Waals surface area contributed by atoms with Crippen molar-refractivity contribution in [1.29, 1.82) is 0 Å². The van der Waals surface area contributed by atoms with Crippen molar-refractivity contribution < 1.29 is 9.59 Å². The molecular weight excluding hydrogens is 330 g/mol. The molecule has 7 heteroatoms. The Kier molecular flexibility index (Phi) is 4.88. The van der Waals surface area contributed by atoms with E-state index in [1.54, 1.807) is 32.4 Å². The number of nitrogens with one attached hydrogen (secondary N) is 3. The van der Waals surface area contributed by atoms with Crippen molar-refractivity contribution in [2.24, 2.45) is 0 Å². The quantitative estimate of drug-likeness (QED) is 0.675. The van der Waals surface area contributed by atoms with Crippen LogP contribution < -0.4 is 10.6 Å². The van der Waals surface area contributed by atoms with Gasteiger partial charge >= 0.3 is 6.03 Å². The molecule has 0 aliphatic heterocycles. The lowest BCUT2D eigenvalue weighted by Crippen LogP contribution is -2.34. The lowest BCUT2D eigenvalue weighted by Gasteiger charge is -2.12. The summed E-state index contributed by atoms with van der Waals surface area (Å²) in [6.07, 6.45) is 1.56. The molecule has 0 atom stereocenters. The summed E-state index contributed by atoms with van der Waals surface area (Å²) in [5, 5.41) is 6.66. The van der Waals surface area contributed by atoms with Crippen molar-refractivity contribution in [3.8, 4) is 0 Å². The summed E-state index contributed by atoms with van der Waals surface area (Å²) in [6.45, 7) is 2.25. The van der Waals surface area contributed by atoms with Gasteiger partial charge in [0.15, 0.2) is 0 Å². The number of amides is 3. The standard InChI is InChI=1S/C19H21N5O2/c1-12-8-14-10-15(4-5-17(14)22-12)23-18(25)13-6-7-20-16(9-13)11-21-19(26)24(2)3/h4-10,22H,11H2,1-3H3,(H,21,26)(H,23,25). The van der Waals surface area contributed by atoms with Crippen LogP contribution in [0.15, 0.2) is 42.6 Å². The third kappa shape index (κ3) is 4.00. The highest BCUT2D eigenvalue weighted by Gasteiger charge is 2.10. The Bertz CT molecular complexity index is 961. The van der Waals surface area contributed by atoms with Crippen LogP contribution in [0.5, 0.6) is 0 Å². The molecule has 1 aromatic carbocycles. The van der Waals surface area contributed by atoms with E-state index in [1.165, 1.54) is 4.90 Å². The van der Waals surface area contributed by atoms with Gasteiger partial charge in [-0.25, -0.2) is 4.79 Å². The van der Waals surface area contributed by atoms with Gasteiger partial charge in [0.25, 0.3) is 5.91 Å². The van der Waals surface area contributed by atoms with Gasteiger partial charge in [0.05, 0.1) is 12.2 Å². The van der Waals surface area contributed by atoms with Crippen LogP contribution in [0.2, 0.25) is 0 Å². The number of urea groups is 1. The normalized spacial score (nSPS) is 10.6. The molecule has 0 spiro atoms. The molecule has 0 fully saturated rings. The van der Waals surface area contributed by atoms with Crippen molar-refractivity contribution in [3.63, 3.8) is 0 Å². The maximum absolute atomic E-state index is 12.5. The van der Waals surface area contributed by atoms with Crippen molar-refractivity contribution in [2.75, 3.05) is 19.4 Å². The van der Waals surface area contributed by atoms with Crippen LogP contribution in [0, 0.1) is 6.92 Å². The van der Waals surface area contributed by atoms with E-state index in [9.17, 15) is 9.59 Å². The zero-order valence-electron chi connectivity index (χ0n) is 15.0. The number of carbonyl (C=O) groups excluding carboxylic acids is 2. The van der Waals surface area contributed by atoms with Crippen LogP contribution in [0.1, 0.15) is 21.7 Å². The first kappa shape index (κ1) is 17.5. The zero-order valence-corrected chi connectivity index (χ0v) is 15.0. The summed E-state index contributed by atoms with van der Waals surface area (Å²) in [4.78, 5) is 33.0. The average molecular weight is 351 g/mol. The highest BCUT2D eigenvalue weighted by atomic mass is 16.2. The Morgan fingerprint density at radius 1 is 1.15 bits per heavy atom. The predicted molar refractivity (Wildman–Crippen MR) is 101 cm³/mol. The number of benzene rings is 1. The van der Waals surface area contributed by atoms with Gasteiger partial charge in [0.1, 0.15) is 0 Å². The molecular formula is C19H21N5O2. The zero-order chi connectivity index (χ0) is 18.7. The number of nitrogens with zero attached hydrogens (tertiary/aromatic N) is 2. The van der Waals surface area contributed by atoms with E-state index in [0.717, 1.165) is 22.3 Å². The van der Waals surface area contributed by atoms with Gasteiger partial charge in [-0.15, -0.1) is 0 Å². The van der Waals surface area contributed by atoms with E-state index < -0.39 is 0 Å². The number of pyridine rings is 1. The lowest BCUT2D eigenvalue weighted by molar-refractivity contribution is 0.102. The smallest absolute Gasteiger partial charge is 0.317 e. The minimum Gasteiger partial charge on any atom is -0.359 e. The number of hydrogen-bond acceptors (Lipinski definition) is 3. The first-order valence-corrected chi connectivity index (χ1v) is 8.23. The second-order valence-corrected chi connectivity index (χ2v) is 6.30. The molecule has 2 aromatic heterocycles.